The number of fused-ring (bicyclic) bond motifs is 1. The largest absolute Gasteiger partial charge is 0.426 e. The second-order valence-electron chi connectivity index (χ2n) is 4.71. The van der Waals surface area contributed by atoms with Crippen molar-refractivity contribution >= 4 is 16.9 Å². The van der Waals surface area contributed by atoms with Crippen LogP contribution in [0.15, 0.2) is 34.0 Å². The second kappa shape index (κ2) is 5.33. The van der Waals surface area contributed by atoms with Gasteiger partial charge in [0.25, 0.3) is 0 Å². The lowest BCUT2D eigenvalue weighted by molar-refractivity contribution is -0.131. The highest BCUT2D eigenvalue weighted by Gasteiger charge is 2.17. The smallest absolute Gasteiger partial charge is 0.336 e. The van der Waals surface area contributed by atoms with Gasteiger partial charge in [0, 0.05) is 23.9 Å². The highest BCUT2D eigenvalue weighted by atomic mass is 16.5. The third kappa shape index (κ3) is 2.50. The minimum absolute atomic E-state index is 0.409. The topological polar surface area (TPSA) is 56.5 Å². The molecule has 20 heavy (non-hydrogen) atoms. The van der Waals surface area contributed by atoms with Crippen molar-refractivity contribution in [2.45, 2.75) is 27.2 Å². The summed E-state index contributed by atoms with van der Waals surface area (Å²) in [5.74, 6) is 0.0337. The predicted octanol–water partition coefficient (Wildman–Crippen LogP) is 3.06. The summed E-state index contributed by atoms with van der Waals surface area (Å²) >= 11 is 0. The van der Waals surface area contributed by atoms with Crippen molar-refractivity contribution in [3.63, 3.8) is 0 Å². The Bertz CT molecular complexity index is 753. The Balaban J connectivity index is 2.89. The normalized spacial score (nSPS) is 10.6. The first kappa shape index (κ1) is 14.1. The fourth-order valence-electron chi connectivity index (χ4n) is 2.26. The van der Waals surface area contributed by atoms with Gasteiger partial charge in [-0.3, -0.25) is 4.79 Å². The quantitative estimate of drug-likeness (QED) is 0.373. The Morgan fingerprint density at radius 1 is 1.35 bits per heavy atom. The highest BCUT2D eigenvalue weighted by Crippen LogP contribution is 2.33. The number of benzene rings is 1. The molecule has 2 aromatic rings. The Kier molecular flexibility index (Phi) is 3.74. The fourth-order valence-corrected chi connectivity index (χ4v) is 2.26. The minimum atomic E-state index is -0.419. The Hall–Kier alpha value is -2.36. The van der Waals surface area contributed by atoms with Gasteiger partial charge in [0.1, 0.15) is 11.3 Å². The van der Waals surface area contributed by atoms with Crippen LogP contribution in [-0.2, 0) is 11.2 Å². The molecule has 0 fully saturated rings. The van der Waals surface area contributed by atoms with E-state index >= 15 is 0 Å². The number of allylic oxidation sites excluding steroid dienone is 1. The lowest BCUT2D eigenvalue weighted by Crippen LogP contribution is -2.08. The summed E-state index contributed by atoms with van der Waals surface area (Å²) in [6.07, 6.45) is 2.14. The van der Waals surface area contributed by atoms with E-state index in [0.717, 1.165) is 16.5 Å². The molecular formula is C16H16O4. The summed E-state index contributed by atoms with van der Waals surface area (Å²) in [7, 11) is 0. The van der Waals surface area contributed by atoms with Gasteiger partial charge in [0.15, 0.2) is 0 Å². The van der Waals surface area contributed by atoms with Crippen molar-refractivity contribution in [1.29, 1.82) is 0 Å². The van der Waals surface area contributed by atoms with Crippen LogP contribution in [0.4, 0.5) is 0 Å². The van der Waals surface area contributed by atoms with Gasteiger partial charge in [-0.2, -0.15) is 0 Å². The summed E-state index contributed by atoms with van der Waals surface area (Å²) < 4.78 is 10.6. The Morgan fingerprint density at radius 2 is 2.05 bits per heavy atom. The van der Waals surface area contributed by atoms with E-state index in [1.54, 1.807) is 6.08 Å². The highest BCUT2D eigenvalue weighted by molar-refractivity contribution is 5.87. The number of hydrogen-bond donors (Lipinski definition) is 0. The minimum Gasteiger partial charge on any atom is -0.426 e. The average molecular weight is 272 g/mol. The average Bonchev–Trinajstić information content (AvgIpc) is 2.35. The molecule has 0 aliphatic rings. The molecule has 0 bridgehead atoms. The van der Waals surface area contributed by atoms with Crippen LogP contribution >= 0.6 is 0 Å². The Labute approximate surface area is 116 Å². The van der Waals surface area contributed by atoms with Crippen LogP contribution in [0, 0.1) is 13.8 Å². The van der Waals surface area contributed by atoms with E-state index in [2.05, 4.69) is 6.58 Å². The van der Waals surface area contributed by atoms with Crippen molar-refractivity contribution in [3.05, 3.63) is 51.9 Å². The van der Waals surface area contributed by atoms with E-state index in [0.29, 0.717) is 23.3 Å². The fraction of sp³-hybridized carbons (Fsp3) is 0.250. The van der Waals surface area contributed by atoms with Gasteiger partial charge >= 0.3 is 11.6 Å². The molecule has 0 unspecified atom stereocenters. The summed E-state index contributed by atoms with van der Waals surface area (Å²) in [4.78, 5) is 22.8. The number of aryl methyl sites for hydroxylation is 2. The molecule has 0 aliphatic heterocycles. The van der Waals surface area contributed by atoms with Gasteiger partial charge < -0.3 is 9.15 Å². The van der Waals surface area contributed by atoms with Crippen molar-refractivity contribution in [2.24, 2.45) is 0 Å². The van der Waals surface area contributed by atoms with Crippen LogP contribution in [0.1, 0.15) is 23.6 Å². The Morgan fingerprint density at radius 3 is 2.65 bits per heavy atom. The van der Waals surface area contributed by atoms with E-state index in [9.17, 15) is 9.59 Å². The van der Waals surface area contributed by atoms with Crippen molar-refractivity contribution in [1.82, 2.24) is 0 Å². The van der Waals surface area contributed by atoms with Crippen molar-refractivity contribution in [2.75, 3.05) is 0 Å². The van der Waals surface area contributed by atoms with E-state index < -0.39 is 11.6 Å². The van der Waals surface area contributed by atoms with Gasteiger partial charge in [0.2, 0.25) is 0 Å². The number of hydrogen-bond acceptors (Lipinski definition) is 4. The van der Waals surface area contributed by atoms with Crippen LogP contribution in [0.5, 0.6) is 5.75 Å². The summed E-state index contributed by atoms with van der Waals surface area (Å²) in [5.41, 5.74) is 2.36. The van der Waals surface area contributed by atoms with E-state index in [4.69, 9.17) is 9.15 Å². The summed E-state index contributed by atoms with van der Waals surface area (Å²) in [6.45, 7) is 8.74. The maximum absolute atomic E-state index is 11.6. The van der Waals surface area contributed by atoms with Crippen molar-refractivity contribution < 1.29 is 13.9 Å². The van der Waals surface area contributed by atoms with Crippen LogP contribution in [0.25, 0.3) is 11.0 Å². The first-order chi connectivity index (χ1) is 9.43. The number of ether oxygens (including phenoxy) is 1. The zero-order chi connectivity index (χ0) is 14.9. The van der Waals surface area contributed by atoms with Crippen LogP contribution in [-0.4, -0.2) is 5.97 Å². The third-order valence-corrected chi connectivity index (χ3v) is 3.07. The monoisotopic (exact) mass is 272 g/mol. The van der Waals surface area contributed by atoms with Crippen LogP contribution in [0.3, 0.4) is 0 Å². The maximum Gasteiger partial charge on any atom is 0.336 e. The second-order valence-corrected chi connectivity index (χ2v) is 4.71. The summed E-state index contributed by atoms with van der Waals surface area (Å²) in [6, 6.07) is 3.31. The first-order valence-corrected chi connectivity index (χ1v) is 6.30. The van der Waals surface area contributed by atoms with Gasteiger partial charge in [-0.25, -0.2) is 4.79 Å². The molecule has 0 saturated carbocycles. The molecule has 0 aliphatic carbocycles. The predicted molar refractivity (Wildman–Crippen MR) is 77.2 cm³/mol. The lowest BCUT2D eigenvalue weighted by Gasteiger charge is -2.14. The van der Waals surface area contributed by atoms with E-state index in [-0.39, 0.29) is 0 Å². The molecule has 2 rings (SSSR count). The number of carbonyl (C=O) groups excluding carboxylic acids is 1. The molecule has 0 saturated heterocycles. The van der Waals surface area contributed by atoms with Gasteiger partial charge in [-0.05, 0) is 37.5 Å². The molecule has 0 spiro atoms. The zero-order valence-corrected chi connectivity index (χ0v) is 11.8. The molecule has 0 atom stereocenters. The first-order valence-electron chi connectivity index (χ1n) is 6.30. The van der Waals surface area contributed by atoms with E-state index in [1.807, 2.05) is 19.9 Å². The van der Waals surface area contributed by atoms with Gasteiger partial charge in [0.05, 0.1) is 0 Å². The molecule has 1 aromatic heterocycles. The molecule has 4 nitrogen and oxygen atoms in total. The van der Waals surface area contributed by atoms with Crippen LogP contribution < -0.4 is 10.4 Å². The third-order valence-electron chi connectivity index (χ3n) is 3.07. The molecule has 1 aromatic carbocycles. The molecular weight excluding hydrogens is 256 g/mol. The summed E-state index contributed by atoms with van der Waals surface area (Å²) in [5, 5.41) is 0.842. The van der Waals surface area contributed by atoms with Crippen LogP contribution in [0.2, 0.25) is 0 Å². The molecule has 104 valence electrons. The molecule has 0 radical (unpaired) electrons. The number of rotatable bonds is 3. The molecule has 0 amide bonds. The maximum atomic E-state index is 11.6. The van der Waals surface area contributed by atoms with Gasteiger partial charge in [-0.1, -0.05) is 6.08 Å². The molecule has 1 heterocycles. The SMILES string of the molecule is C=CCc1c(OC(C)=O)c(C)cc2c(C)cc(=O)oc12. The van der Waals surface area contributed by atoms with Gasteiger partial charge in [-0.15, -0.1) is 6.58 Å². The zero-order valence-electron chi connectivity index (χ0n) is 11.8. The molecule has 0 N–H and O–H groups in total. The lowest BCUT2D eigenvalue weighted by atomic mass is 10.00. The van der Waals surface area contributed by atoms with Crippen molar-refractivity contribution in [3.8, 4) is 5.75 Å². The molecule has 4 heteroatoms. The number of esters is 1. The van der Waals surface area contributed by atoms with E-state index in [1.165, 1.54) is 13.0 Å². The standard InChI is InChI=1S/C16H16O4/c1-5-6-12-15(19-11(4)17)10(3)7-13-9(2)8-14(18)20-16(12)13/h5,7-8H,1,6H2,2-4H3. The number of carbonyl (C=O) groups is 1.